The van der Waals surface area contributed by atoms with Gasteiger partial charge in [0.05, 0.1) is 22.5 Å². The first kappa shape index (κ1) is 21.1. The Hall–Kier alpha value is -3.14. The highest BCUT2D eigenvalue weighted by Gasteiger charge is 2.41. The van der Waals surface area contributed by atoms with Gasteiger partial charge in [-0.05, 0) is 51.6 Å². The smallest absolute Gasteiger partial charge is 0.258 e. The fourth-order valence-corrected chi connectivity index (χ4v) is 4.41. The summed E-state index contributed by atoms with van der Waals surface area (Å²) >= 11 is 0. The van der Waals surface area contributed by atoms with Crippen molar-refractivity contribution in [3.05, 3.63) is 81.4 Å². The van der Waals surface area contributed by atoms with Crippen LogP contribution < -0.4 is 10.6 Å². The molecule has 2 amide bonds. The molecule has 0 fully saturated rings. The quantitative estimate of drug-likeness (QED) is 0.729. The topological polar surface area (TPSA) is 58.2 Å². The van der Waals surface area contributed by atoms with Gasteiger partial charge in [0.15, 0.2) is 0 Å². The normalized spacial score (nSPS) is 16.6. The van der Waals surface area contributed by atoms with Crippen LogP contribution in [-0.4, -0.2) is 11.8 Å². The molecule has 2 aliphatic heterocycles. The van der Waals surface area contributed by atoms with Crippen LogP contribution in [0.15, 0.2) is 53.6 Å². The van der Waals surface area contributed by atoms with Crippen molar-refractivity contribution < 1.29 is 9.59 Å². The number of hydrogen-bond donors (Lipinski definition) is 2. The van der Waals surface area contributed by atoms with Gasteiger partial charge in [-0.15, -0.1) is 0 Å². The van der Waals surface area contributed by atoms with Crippen LogP contribution in [0.5, 0.6) is 0 Å². The Kier molecular flexibility index (Phi) is 4.73. The minimum atomic E-state index is -0.240. The molecule has 2 aliphatic rings. The predicted octanol–water partition coefficient (Wildman–Crippen LogP) is 4.97. The lowest BCUT2D eigenvalue weighted by atomic mass is 9.83. The number of benzene rings is 2. The van der Waals surface area contributed by atoms with Crippen molar-refractivity contribution in [2.24, 2.45) is 0 Å². The SMILES string of the molecule is Cc1cc(C2=C3C(=O)NC(c4ccc(C(C)(C)C)cc4)=C3C(=O)N2)ccc1C(C)(C)C. The fourth-order valence-electron chi connectivity index (χ4n) is 4.41. The van der Waals surface area contributed by atoms with E-state index >= 15 is 0 Å². The van der Waals surface area contributed by atoms with Gasteiger partial charge in [-0.3, -0.25) is 9.59 Å². The first-order valence-electron chi connectivity index (χ1n) is 10.7. The van der Waals surface area contributed by atoms with Crippen LogP contribution in [0.1, 0.15) is 69.4 Å². The Morgan fingerprint density at radius 1 is 0.645 bits per heavy atom. The molecule has 0 atom stereocenters. The van der Waals surface area contributed by atoms with Crippen LogP contribution in [0.3, 0.4) is 0 Å². The van der Waals surface area contributed by atoms with Crippen LogP contribution in [0.4, 0.5) is 0 Å². The van der Waals surface area contributed by atoms with E-state index in [4.69, 9.17) is 0 Å². The molecule has 4 nitrogen and oxygen atoms in total. The zero-order valence-electron chi connectivity index (χ0n) is 19.4. The van der Waals surface area contributed by atoms with Crippen molar-refractivity contribution in [3.8, 4) is 0 Å². The average Bonchev–Trinajstić information content (AvgIpc) is 3.19. The Labute approximate surface area is 184 Å². The Morgan fingerprint density at radius 2 is 1.13 bits per heavy atom. The van der Waals surface area contributed by atoms with Crippen LogP contribution in [0, 0.1) is 6.92 Å². The molecular weight excluding hydrogens is 384 g/mol. The van der Waals surface area contributed by atoms with Gasteiger partial charge in [0, 0.05) is 0 Å². The molecule has 2 aromatic carbocycles. The van der Waals surface area contributed by atoms with Gasteiger partial charge in [0.25, 0.3) is 11.8 Å². The van der Waals surface area contributed by atoms with Crippen LogP contribution in [-0.2, 0) is 20.4 Å². The number of carbonyl (C=O) groups excluding carboxylic acids is 2. The summed E-state index contributed by atoms with van der Waals surface area (Å²) in [6.07, 6.45) is 0. The second kappa shape index (κ2) is 6.94. The summed E-state index contributed by atoms with van der Waals surface area (Å²) in [4.78, 5) is 25.8. The molecule has 0 aliphatic carbocycles. The van der Waals surface area contributed by atoms with Gasteiger partial charge in [-0.25, -0.2) is 0 Å². The molecule has 0 radical (unpaired) electrons. The highest BCUT2D eigenvalue weighted by atomic mass is 16.2. The maximum Gasteiger partial charge on any atom is 0.258 e. The van der Waals surface area contributed by atoms with E-state index < -0.39 is 0 Å². The number of rotatable bonds is 2. The number of aryl methyl sites for hydroxylation is 1. The zero-order valence-corrected chi connectivity index (χ0v) is 19.4. The molecule has 0 spiro atoms. The highest BCUT2D eigenvalue weighted by Crippen LogP contribution is 2.38. The molecule has 0 saturated heterocycles. The van der Waals surface area contributed by atoms with Gasteiger partial charge in [-0.1, -0.05) is 77.9 Å². The third kappa shape index (κ3) is 3.60. The van der Waals surface area contributed by atoms with E-state index in [-0.39, 0.29) is 22.6 Å². The van der Waals surface area contributed by atoms with Gasteiger partial charge in [0.1, 0.15) is 0 Å². The average molecular weight is 415 g/mol. The largest absolute Gasteiger partial charge is 0.321 e. The van der Waals surface area contributed by atoms with Crippen LogP contribution >= 0.6 is 0 Å². The number of carbonyl (C=O) groups is 2. The number of hydrogen-bond acceptors (Lipinski definition) is 2. The third-order valence-corrected chi connectivity index (χ3v) is 6.04. The molecule has 160 valence electrons. The molecule has 4 heteroatoms. The summed E-state index contributed by atoms with van der Waals surface area (Å²) in [5.41, 5.74) is 7.37. The summed E-state index contributed by atoms with van der Waals surface area (Å²) in [5.74, 6) is -0.480. The predicted molar refractivity (Wildman–Crippen MR) is 125 cm³/mol. The number of amides is 2. The molecule has 0 saturated carbocycles. The van der Waals surface area contributed by atoms with Crippen molar-refractivity contribution in [1.29, 1.82) is 0 Å². The monoisotopic (exact) mass is 414 g/mol. The van der Waals surface area contributed by atoms with E-state index in [1.807, 2.05) is 18.2 Å². The zero-order chi connectivity index (χ0) is 22.7. The Bertz CT molecular complexity index is 1170. The van der Waals surface area contributed by atoms with Gasteiger partial charge in [-0.2, -0.15) is 0 Å². The molecule has 0 aromatic heterocycles. The molecular formula is C27H30N2O2. The van der Waals surface area contributed by atoms with Gasteiger partial charge >= 0.3 is 0 Å². The van der Waals surface area contributed by atoms with Crippen molar-refractivity contribution in [2.45, 2.75) is 59.3 Å². The molecule has 2 N–H and O–H groups in total. The number of fused-ring (bicyclic) bond motifs is 1. The highest BCUT2D eigenvalue weighted by molar-refractivity contribution is 6.30. The molecule has 2 heterocycles. The molecule has 2 aromatic rings. The van der Waals surface area contributed by atoms with Crippen molar-refractivity contribution in [1.82, 2.24) is 10.6 Å². The van der Waals surface area contributed by atoms with Crippen LogP contribution in [0.25, 0.3) is 11.4 Å². The lowest BCUT2D eigenvalue weighted by molar-refractivity contribution is -0.117. The lowest BCUT2D eigenvalue weighted by Crippen LogP contribution is -2.21. The van der Waals surface area contributed by atoms with E-state index in [1.54, 1.807) is 0 Å². The first-order valence-corrected chi connectivity index (χ1v) is 10.7. The maximum atomic E-state index is 12.9. The minimum Gasteiger partial charge on any atom is -0.321 e. The first-order chi connectivity index (χ1) is 14.4. The van der Waals surface area contributed by atoms with Crippen molar-refractivity contribution in [2.75, 3.05) is 0 Å². The van der Waals surface area contributed by atoms with E-state index in [9.17, 15) is 9.59 Å². The Morgan fingerprint density at radius 3 is 1.58 bits per heavy atom. The lowest BCUT2D eigenvalue weighted by Gasteiger charge is -2.22. The fraction of sp³-hybridized carbons (Fsp3) is 0.333. The maximum absolute atomic E-state index is 12.9. The summed E-state index contributed by atoms with van der Waals surface area (Å²) in [6.45, 7) is 15.1. The molecule has 4 rings (SSSR count). The third-order valence-electron chi connectivity index (χ3n) is 6.04. The summed E-state index contributed by atoms with van der Waals surface area (Å²) in [7, 11) is 0. The molecule has 31 heavy (non-hydrogen) atoms. The van der Waals surface area contributed by atoms with Gasteiger partial charge in [0.2, 0.25) is 0 Å². The summed E-state index contributed by atoms with van der Waals surface area (Å²) in [6, 6.07) is 14.2. The molecule has 0 bridgehead atoms. The second-order valence-corrected chi connectivity index (χ2v) is 10.5. The summed E-state index contributed by atoms with van der Waals surface area (Å²) in [5, 5.41) is 5.88. The second-order valence-electron chi connectivity index (χ2n) is 10.5. The van der Waals surface area contributed by atoms with E-state index in [0.717, 1.165) is 16.7 Å². The van der Waals surface area contributed by atoms with Gasteiger partial charge < -0.3 is 10.6 Å². The van der Waals surface area contributed by atoms with E-state index in [0.29, 0.717) is 22.5 Å². The van der Waals surface area contributed by atoms with Crippen LogP contribution in [0.2, 0.25) is 0 Å². The standard InChI is InChI=1S/C27H30N2O2/c1-15-14-17(10-13-19(15)27(5,6)7)23-21-20(24(30)29-23)22(28-25(21)31)16-8-11-18(12-9-16)26(2,3)4/h8-14H,1-7H3,(H,28,31)(H,29,30). The Balaban J connectivity index is 1.80. The minimum absolute atomic E-state index is 0.0293. The number of nitrogens with one attached hydrogen (secondary N) is 2. The molecule has 0 unspecified atom stereocenters. The van der Waals surface area contributed by atoms with Crippen molar-refractivity contribution >= 4 is 23.2 Å². The van der Waals surface area contributed by atoms with E-state index in [1.165, 1.54) is 11.1 Å². The van der Waals surface area contributed by atoms with Crippen molar-refractivity contribution in [3.63, 3.8) is 0 Å². The summed E-state index contributed by atoms with van der Waals surface area (Å²) < 4.78 is 0. The van der Waals surface area contributed by atoms with E-state index in [2.05, 4.69) is 83.4 Å².